The number of hydrogen-bond donors (Lipinski definition) is 1. The summed E-state index contributed by atoms with van der Waals surface area (Å²) in [4.78, 5) is 0. The first kappa shape index (κ1) is 19.9. The van der Waals surface area contributed by atoms with E-state index in [2.05, 4.69) is 16.8 Å². The largest absolute Gasteiger partial charge is 0.278 e. The number of rotatable bonds is 6. The molecule has 0 radical (unpaired) electrons. The molecule has 2 rings (SSSR count). The molecule has 4 heteroatoms. The number of allylic oxidation sites excluding steroid dienone is 5. The molecule has 0 bridgehead atoms. The van der Waals surface area contributed by atoms with E-state index in [-0.39, 0.29) is 10.8 Å². The van der Waals surface area contributed by atoms with Gasteiger partial charge in [-0.15, -0.1) is 0 Å². The standard InChI is InChI=1S/C18H18ClFN2.C2H6/c1-3-14(5-4-13(2)18-10-11-21-22-18)6-7-15-8-9-16(19)17(20)12-15;1-2/h3-5,8-12H,1,6-7H2,2H3,(H,21,22);1-2H3/b13-4+,14-5+;. The van der Waals surface area contributed by atoms with E-state index in [1.165, 1.54) is 6.07 Å². The van der Waals surface area contributed by atoms with Crippen molar-refractivity contribution in [3.8, 4) is 0 Å². The normalized spacial score (nSPS) is 11.7. The number of hydrogen-bond acceptors (Lipinski definition) is 1. The van der Waals surface area contributed by atoms with Crippen molar-refractivity contribution in [2.24, 2.45) is 0 Å². The molecule has 0 aliphatic heterocycles. The zero-order valence-corrected chi connectivity index (χ0v) is 15.2. The smallest absolute Gasteiger partial charge is 0.142 e. The highest BCUT2D eigenvalue weighted by Crippen LogP contribution is 2.18. The van der Waals surface area contributed by atoms with Crippen LogP contribution in [0.2, 0.25) is 5.02 Å². The summed E-state index contributed by atoms with van der Waals surface area (Å²) in [7, 11) is 0. The van der Waals surface area contributed by atoms with E-state index in [9.17, 15) is 4.39 Å². The van der Waals surface area contributed by atoms with Gasteiger partial charge in [0.1, 0.15) is 5.82 Å². The van der Waals surface area contributed by atoms with Gasteiger partial charge < -0.3 is 0 Å². The van der Waals surface area contributed by atoms with Crippen molar-refractivity contribution in [1.29, 1.82) is 0 Å². The molecule has 0 amide bonds. The zero-order valence-electron chi connectivity index (χ0n) is 14.4. The lowest BCUT2D eigenvalue weighted by Gasteiger charge is -2.04. The highest BCUT2D eigenvalue weighted by molar-refractivity contribution is 6.30. The van der Waals surface area contributed by atoms with Crippen molar-refractivity contribution in [1.82, 2.24) is 10.2 Å². The van der Waals surface area contributed by atoms with E-state index in [0.717, 1.165) is 35.2 Å². The van der Waals surface area contributed by atoms with Crippen LogP contribution in [-0.2, 0) is 6.42 Å². The molecule has 0 fully saturated rings. The molecule has 24 heavy (non-hydrogen) atoms. The van der Waals surface area contributed by atoms with Gasteiger partial charge in [0, 0.05) is 6.20 Å². The third kappa shape index (κ3) is 6.17. The van der Waals surface area contributed by atoms with E-state index < -0.39 is 0 Å². The Balaban J connectivity index is 0.00000139. The van der Waals surface area contributed by atoms with Gasteiger partial charge in [0.15, 0.2) is 0 Å². The Labute approximate surface area is 148 Å². The molecule has 0 unspecified atom stereocenters. The van der Waals surface area contributed by atoms with E-state index in [4.69, 9.17) is 11.6 Å². The van der Waals surface area contributed by atoms with Gasteiger partial charge in [0.2, 0.25) is 0 Å². The number of benzene rings is 1. The second-order valence-corrected chi connectivity index (χ2v) is 5.42. The van der Waals surface area contributed by atoms with Crippen LogP contribution in [0.25, 0.3) is 5.57 Å². The Morgan fingerprint density at radius 2 is 2.04 bits per heavy atom. The summed E-state index contributed by atoms with van der Waals surface area (Å²) in [6.45, 7) is 9.85. The fourth-order valence-corrected chi connectivity index (χ4v) is 2.15. The van der Waals surface area contributed by atoms with Crippen LogP contribution in [0.15, 0.2) is 60.8 Å². The second kappa shape index (κ2) is 10.6. The maximum Gasteiger partial charge on any atom is 0.142 e. The van der Waals surface area contributed by atoms with Crippen molar-refractivity contribution in [2.45, 2.75) is 33.6 Å². The molecular formula is C20H24ClFN2. The molecule has 0 atom stereocenters. The average molecular weight is 347 g/mol. The van der Waals surface area contributed by atoms with Gasteiger partial charge in [-0.05, 0) is 54.7 Å². The SMILES string of the molecule is C=C/C(=C\C=C(/C)c1ccn[nH]1)CCc1ccc(Cl)c(F)c1.CC. The Bertz CT molecular complexity index is 700. The highest BCUT2D eigenvalue weighted by atomic mass is 35.5. The molecule has 1 N–H and O–H groups in total. The molecule has 0 aliphatic rings. The number of aromatic nitrogens is 2. The first-order valence-corrected chi connectivity index (χ1v) is 8.41. The molecule has 2 nitrogen and oxygen atoms in total. The van der Waals surface area contributed by atoms with Crippen LogP contribution in [0.5, 0.6) is 0 Å². The Morgan fingerprint density at radius 1 is 1.29 bits per heavy atom. The molecule has 0 saturated carbocycles. The predicted octanol–water partition coefficient (Wildman–Crippen LogP) is 6.38. The summed E-state index contributed by atoms with van der Waals surface area (Å²) in [5.41, 5.74) is 4.09. The van der Waals surface area contributed by atoms with Crippen LogP contribution in [0.4, 0.5) is 4.39 Å². The molecule has 1 aromatic heterocycles. The minimum atomic E-state index is -0.377. The van der Waals surface area contributed by atoms with Crippen LogP contribution in [0.1, 0.15) is 38.4 Å². The first-order valence-electron chi connectivity index (χ1n) is 8.03. The maximum atomic E-state index is 13.4. The van der Waals surface area contributed by atoms with E-state index in [0.29, 0.717) is 0 Å². The minimum absolute atomic E-state index is 0.154. The summed E-state index contributed by atoms with van der Waals surface area (Å²) < 4.78 is 13.4. The van der Waals surface area contributed by atoms with E-state index in [1.807, 2.05) is 51.1 Å². The molecule has 1 aromatic carbocycles. The molecule has 0 aliphatic carbocycles. The van der Waals surface area contributed by atoms with Gasteiger partial charge in [-0.1, -0.05) is 56.3 Å². The number of aryl methyl sites for hydroxylation is 1. The quantitative estimate of drug-likeness (QED) is 0.604. The summed E-state index contributed by atoms with van der Waals surface area (Å²) in [5, 5.41) is 7.00. The Morgan fingerprint density at radius 3 is 2.62 bits per heavy atom. The van der Waals surface area contributed by atoms with Crippen molar-refractivity contribution in [3.63, 3.8) is 0 Å². The van der Waals surface area contributed by atoms with Crippen molar-refractivity contribution < 1.29 is 4.39 Å². The van der Waals surface area contributed by atoms with Gasteiger partial charge in [-0.2, -0.15) is 5.10 Å². The monoisotopic (exact) mass is 346 g/mol. The fourth-order valence-electron chi connectivity index (χ4n) is 2.03. The van der Waals surface area contributed by atoms with Crippen molar-refractivity contribution in [2.75, 3.05) is 0 Å². The van der Waals surface area contributed by atoms with Gasteiger partial charge in [-0.25, -0.2) is 4.39 Å². The molecule has 2 aromatic rings. The van der Waals surface area contributed by atoms with Crippen molar-refractivity contribution in [3.05, 3.63) is 82.9 Å². The van der Waals surface area contributed by atoms with Gasteiger partial charge in [0.25, 0.3) is 0 Å². The average Bonchev–Trinajstić information content (AvgIpc) is 3.14. The van der Waals surface area contributed by atoms with Crippen LogP contribution in [-0.4, -0.2) is 10.2 Å². The molecule has 0 spiro atoms. The number of nitrogens with zero attached hydrogens (tertiary/aromatic N) is 1. The minimum Gasteiger partial charge on any atom is -0.278 e. The van der Waals surface area contributed by atoms with Gasteiger partial charge in [-0.3, -0.25) is 5.10 Å². The van der Waals surface area contributed by atoms with Gasteiger partial charge in [0.05, 0.1) is 10.7 Å². The Hall–Kier alpha value is -2.13. The van der Waals surface area contributed by atoms with Crippen molar-refractivity contribution >= 4 is 17.2 Å². The second-order valence-electron chi connectivity index (χ2n) is 5.01. The lowest BCUT2D eigenvalue weighted by Crippen LogP contribution is -1.89. The number of halogens is 2. The summed E-state index contributed by atoms with van der Waals surface area (Å²) in [6, 6.07) is 6.84. The highest BCUT2D eigenvalue weighted by Gasteiger charge is 2.02. The maximum absolute atomic E-state index is 13.4. The first-order chi connectivity index (χ1) is 11.6. The number of nitrogens with one attached hydrogen (secondary N) is 1. The summed E-state index contributed by atoms with van der Waals surface area (Å²) in [5.74, 6) is -0.377. The third-order valence-corrected chi connectivity index (χ3v) is 3.73. The molecule has 128 valence electrons. The zero-order chi connectivity index (χ0) is 17.9. The predicted molar refractivity (Wildman–Crippen MR) is 102 cm³/mol. The lowest BCUT2D eigenvalue weighted by atomic mass is 10.0. The van der Waals surface area contributed by atoms with E-state index >= 15 is 0 Å². The summed E-state index contributed by atoms with van der Waals surface area (Å²) >= 11 is 5.69. The van der Waals surface area contributed by atoms with Crippen LogP contribution in [0, 0.1) is 5.82 Å². The molecule has 0 saturated heterocycles. The van der Waals surface area contributed by atoms with Crippen LogP contribution in [0.3, 0.4) is 0 Å². The lowest BCUT2D eigenvalue weighted by molar-refractivity contribution is 0.625. The van der Waals surface area contributed by atoms with E-state index in [1.54, 1.807) is 12.3 Å². The fraction of sp³-hybridized carbons (Fsp3) is 0.250. The topological polar surface area (TPSA) is 28.7 Å². The Kier molecular flexibility index (Phi) is 8.80. The number of aromatic amines is 1. The summed E-state index contributed by atoms with van der Waals surface area (Å²) in [6.07, 6.45) is 9.12. The van der Waals surface area contributed by atoms with Crippen LogP contribution >= 0.6 is 11.6 Å². The van der Waals surface area contributed by atoms with Gasteiger partial charge >= 0.3 is 0 Å². The molecular weight excluding hydrogens is 323 g/mol. The molecule has 1 heterocycles. The third-order valence-electron chi connectivity index (χ3n) is 3.42. The number of H-pyrrole nitrogens is 1. The van der Waals surface area contributed by atoms with Crippen LogP contribution < -0.4 is 0 Å².